The van der Waals surface area contributed by atoms with Crippen LogP contribution in [0.1, 0.15) is 5.69 Å². The third-order valence-corrected chi connectivity index (χ3v) is 1.87. The van der Waals surface area contributed by atoms with Gasteiger partial charge in [0, 0.05) is 12.4 Å². The third-order valence-electron chi connectivity index (χ3n) is 1.87. The first kappa shape index (κ1) is 9.39. The van der Waals surface area contributed by atoms with Gasteiger partial charge < -0.3 is 10.1 Å². The van der Waals surface area contributed by atoms with Gasteiger partial charge in [0.25, 0.3) is 0 Å². The number of carboxylic acid groups (broad SMARTS) is 1. The first-order chi connectivity index (χ1) is 7.25. The van der Waals surface area contributed by atoms with Crippen molar-refractivity contribution in [1.29, 1.82) is 0 Å². The Labute approximate surface area is 85.8 Å². The van der Waals surface area contributed by atoms with Crippen LogP contribution in [0.3, 0.4) is 0 Å². The van der Waals surface area contributed by atoms with Crippen molar-refractivity contribution in [2.75, 3.05) is 0 Å². The molecular formula is C10H9N3O2. The zero-order valence-electron chi connectivity index (χ0n) is 7.84. The maximum atomic E-state index is 10.4. The second-order valence-corrected chi connectivity index (χ2v) is 3.03. The molecule has 2 N–H and O–H groups in total. The number of carbonyl (C=O) groups is 1. The number of hydrogen-bond acceptors (Lipinski definition) is 3. The normalized spacial score (nSPS) is 10.1. The largest absolute Gasteiger partial charge is 0.481 e. The minimum absolute atomic E-state index is 0.0800. The molecule has 0 amide bonds. The fourth-order valence-electron chi connectivity index (χ4n) is 1.24. The highest BCUT2D eigenvalue weighted by Crippen LogP contribution is 2.11. The summed E-state index contributed by atoms with van der Waals surface area (Å²) in [5.41, 5.74) is 1.21. The molecule has 0 spiro atoms. The lowest BCUT2D eigenvalue weighted by atomic mass is 10.3. The molecule has 0 unspecified atom stereocenters. The molecule has 0 saturated heterocycles. The summed E-state index contributed by atoms with van der Waals surface area (Å²) in [4.78, 5) is 21.6. The van der Waals surface area contributed by atoms with Crippen molar-refractivity contribution >= 4 is 5.97 Å². The molecule has 0 aliphatic heterocycles. The van der Waals surface area contributed by atoms with Gasteiger partial charge in [-0.05, 0) is 12.1 Å². The van der Waals surface area contributed by atoms with Crippen LogP contribution in [0.4, 0.5) is 0 Å². The van der Waals surface area contributed by atoms with E-state index in [1.54, 1.807) is 12.4 Å². The Morgan fingerprint density at radius 1 is 1.47 bits per heavy atom. The standard InChI is InChI=1S/C10H9N3O2/c14-9(15)5-7-6-12-10(13-7)8-3-1-2-4-11-8/h1-4,6H,5H2,(H,12,13)(H,14,15). The Morgan fingerprint density at radius 3 is 3.00 bits per heavy atom. The van der Waals surface area contributed by atoms with Crippen molar-refractivity contribution in [3.8, 4) is 11.5 Å². The molecule has 2 aromatic heterocycles. The van der Waals surface area contributed by atoms with E-state index < -0.39 is 5.97 Å². The van der Waals surface area contributed by atoms with Crippen LogP contribution in [0.25, 0.3) is 11.5 Å². The Balaban J connectivity index is 2.24. The summed E-state index contributed by atoms with van der Waals surface area (Å²) in [6.45, 7) is 0. The summed E-state index contributed by atoms with van der Waals surface area (Å²) in [6.07, 6.45) is 3.16. The number of H-pyrrole nitrogens is 1. The monoisotopic (exact) mass is 203 g/mol. The van der Waals surface area contributed by atoms with Crippen LogP contribution in [-0.2, 0) is 11.2 Å². The number of carboxylic acids is 1. The second kappa shape index (κ2) is 3.91. The van der Waals surface area contributed by atoms with Gasteiger partial charge >= 0.3 is 5.97 Å². The Morgan fingerprint density at radius 2 is 2.33 bits per heavy atom. The van der Waals surface area contributed by atoms with Crippen LogP contribution < -0.4 is 0 Å². The molecule has 2 aromatic rings. The van der Waals surface area contributed by atoms with E-state index in [1.807, 2.05) is 18.2 Å². The molecule has 0 aliphatic rings. The van der Waals surface area contributed by atoms with Crippen LogP contribution in [0.15, 0.2) is 30.6 Å². The lowest BCUT2D eigenvalue weighted by molar-refractivity contribution is -0.136. The first-order valence-corrected chi connectivity index (χ1v) is 4.43. The van der Waals surface area contributed by atoms with E-state index in [0.29, 0.717) is 17.2 Å². The van der Waals surface area contributed by atoms with Gasteiger partial charge in [-0.15, -0.1) is 0 Å². The minimum Gasteiger partial charge on any atom is -0.481 e. The zero-order valence-corrected chi connectivity index (χ0v) is 7.84. The van der Waals surface area contributed by atoms with Gasteiger partial charge in [-0.3, -0.25) is 9.78 Å². The average Bonchev–Trinajstić information content (AvgIpc) is 2.67. The molecule has 76 valence electrons. The molecule has 15 heavy (non-hydrogen) atoms. The summed E-state index contributed by atoms with van der Waals surface area (Å²) >= 11 is 0. The summed E-state index contributed by atoms with van der Waals surface area (Å²) in [6, 6.07) is 5.47. The van der Waals surface area contributed by atoms with Crippen molar-refractivity contribution in [2.24, 2.45) is 0 Å². The predicted molar refractivity (Wildman–Crippen MR) is 53.2 cm³/mol. The Hall–Kier alpha value is -2.17. The lowest BCUT2D eigenvalue weighted by Crippen LogP contribution is -1.99. The third kappa shape index (κ3) is 2.19. The SMILES string of the molecule is O=C(O)Cc1c[nH]c(-c2ccccn2)n1. The van der Waals surface area contributed by atoms with E-state index >= 15 is 0 Å². The summed E-state index contributed by atoms with van der Waals surface area (Å²) < 4.78 is 0. The fourth-order valence-corrected chi connectivity index (χ4v) is 1.24. The van der Waals surface area contributed by atoms with Gasteiger partial charge in [0.15, 0.2) is 5.82 Å². The molecule has 0 bridgehead atoms. The van der Waals surface area contributed by atoms with Gasteiger partial charge in [-0.2, -0.15) is 0 Å². The molecule has 5 heteroatoms. The predicted octanol–water partition coefficient (Wildman–Crippen LogP) is 1.10. The van der Waals surface area contributed by atoms with Crippen LogP contribution in [0.2, 0.25) is 0 Å². The van der Waals surface area contributed by atoms with E-state index in [-0.39, 0.29) is 6.42 Å². The van der Waals surface area contributed by atoms with Crippen LogP contribution in [0.5, 0.6) is 0 Å². The lowest BCUT2D eigenvalue weighted by Gasteiger charge is -1.92. The number of nitrogens with one attached hydrogen (secondary N) is 1. The zero-order chi connectivity index (χ0) is 10.7. The van der Waals surface area contributed by atoms with Crippen LogP contribution in [-0.4, -0.2) is 26.0 Å². The fraction of sp³-hybridized carbons (Fsp3) is 0.100. The number of aliphatic carboxylic acids is 1. The maximum Gasteiger partial charge on any atom is 0.309 e. The number of aromatic nitrogens is 3. The molecule has 2 rings (SSSR count). The van der Waals surface area contributed by atoms with E-state index in [0.717, 1.165) is 0 Å². The van der Waals surface area contributed by atoms with Gasteiger partial charge in [0.05, 0.1) is 12.1 Å². The van der Waals surface area contributed by atoms with E-state index in [2.05, 4.69) is 15.0 Å². The molecule has 0 aromatic carbocycles. The number of hydrogen-bond donors (Lipinski definition) is 2. The Bertz CT molecular complexity index is 465. The minimum atomic E-state index is -0.894. The van der Waals surface area contributed by atoms with E-state index in [9.17, 15) is 4.79 Å². The average molecular weight is 203 g/mol. The highest BCUT2D eigenvalue weighted by atomic mass is 16.4. The molecule has 5 nitrogen and oxygen atoms in total. The van der Waals surface area contributed by atoms with E-state index in [4.69, 9.17) is 5.11 Å². The van der Waals surface area contributed by atoms with Gasteiger partial charge in [0.2, 0.25) is 0 Å². The topological polar surface area (TPSA) is 78.9 Å². The van der Waals surface area contributed by atoms with E-state index in [1.165, 1.54) is 0 Å². The molecular weight excluding hydrogens is 194 g/mol. The summed E-state index contributed by atoms with van der Waals surface area (Å²) in [5.74, 6) is -0.305. The second-order valence-electron chi connectivity index (χ2n) is 3.03. The van der Waals surface area contributed by atoms with Gasteiger partial charge in [-0.1, -0.05) is 6.07 Å². The smallest absolute Gasteiger partial charge is 0.309 e. The number of pyridine rings is 1. The van der Waals surface area contributed by atoms with Crippen LogP contribution in [0, 0.1) is 0 Å². The molecule has 0 atom stereocenters. The van der Waals surface area contributed by atoms with Crippen molar-refractivity contribution in [2.45, 2.75) is 6.42 Å². The number of rotatable bonds is 3. The quantitative estimate of drug-likeness (QED) is 0.782. The summed E-state index contributed by atoms with van der Waals surface area (Å²) in [5, 5.41) is 8.58. The van der Waals surface area contributed by atoms with Crippen LogP contribution >= 0.6 is 0 Å². The molecule has 0 aliphatic carbocycles. The Kier molecular flexibility index (Phi) is 2.45. The first-order valence-electron chi connectivity index (χ1n) is 4.43. The van der Waals surface area contributed by atoms with Gasteiger partial charge in [-0.25, -0.2) is 4.98 Å². The summed E-state index contributed by atoms with van der Waals surface area (Å²) in [7, 11) is 0. The molecule has 0 saturated carbocycles. The van der Waals surface area contributed by atoms with Crippen molar-refractivity contribution in [3.63, 3.8) is 0 Å². The van der Waals surface area contributed by atoms with Crippen molar-refractivity contribution < 1.29 is 9.90 Å². The van der Waals surface area contributed by atoms with Gasteiger partial charge in [0.1, 0.15) is 5.69 Å². The highest BCUT2D eigenvalue weighted by molar-refractivity contribution is 5.69. The number of imidazole rings is 1. The molecule has 2 heterocycles. The number of aromatic amines is 1. The molecule has 0 radical (unpaired) electrons. The number of nitrogens with zero attached hydrogens (tertiary/aromatic N) is 2. The highest BCUT2D eigenvalue weighted by Gasteiger charge is 2.07. The van der Waals surface area contributed by atoms with Crippen molar-refractivity contribution in [3.05, 3.63) is 36.3 Å². The maximum absolute atomic E-state index is 10.4. The molecule has 0 fully saturated rings. The van der Waals surface area contributed by atoms with Crippen molar-refractivity contribution in [1.82, 2.24) is 15.0 Å².